The second-order valence-electron chi connectivity index (χ2n) is 6.12. The molecule has 0 aromatic heterocycles. The Morgan fingerprint density at radius 3 is 2.42 bits per heavy atom. The lowest BCUT2D eigenvalue weighted by atomic mass is 10.0. The number of hydrogen-bond acceptors (Lipinski definition) is 4. The first-order valence-electron chi connectivity index (χ1n) is 7.90. The number of hydrogen-bond donors (Lipinski definition) is 2. The van der Waals surface area contributed by atoms with Crippen molar-refractivity contribution in [3.8, 4) is 0 Å². The van der Waals surface area contributed by atoms with Gasteiger partial charge in [0, 0.05) is 18.7 Å². The van der Waals surface area contributed by atoms with E-state index in [-0.39, 0.29) is 25.2 Å². The van der Waals surface area contributed by atoms with Crippen LogP contribution < -0.4 is 5.32 Å². The summed E-state index contributed by atoms with van der Waals surface area (Å²) in [5.74, 6) is -1.41. The summed E-state index contributed by atoms with van der Waals surface area (Å²) in [7, 11) is 0. The average Bonchev–Trinajstić information content (AvgIpc) is 2.63. The highest BCUT2D eigenvalue weighted by Gasteiger charge is 2.44. The predicted molar refractivity (Wildman–Crippen MR) is 81.9 cm³/mol. The number of aliphatic hydroxyl groups excluding tert-OH is 1. The van der Waals surface area contributed by atoms with Crippen molar-refractivity contribution in [3.05, 3.63) is 35.4 Å². The number of benzene rings is 1. The van der Waals surface area contributed by atoms with Crippen LogP contribution in [0.1, 0.15) is 15.9 Å². The van der Waals surface area contributed by atoms with Crippen LogP contribution in [0.15, 0.2) is 24.3 Å². The van der Waals surface area contributed by atoms with Gasteiger partial charge in [0.2, 0.25) is 11.8 Å². The summed E-state index contributed by atoms with van der Waals surface area (Å²) < 4.78 is 37.8. The lowest BCUT2D eigenvalue weighted by molar-refractivity contribution is -0.153. The van der Waals surface area contributed by atoms with Crippen molar-refractivity contribution in [2.75, 3.05) is 26.2 Å². The fraction of sp³-hybridized carbons (Fsp3) is 0.438. The first-order chi connectivity index (χ1) is 12.2. The van der Waals surface area contributed by atoms with Crippen LogP contribution in [-0.2, 0) is 15.8 Å². The third-order valence-corrected chi connectivity index (χ3v) is 4.51. The summed E-state index contributed by atoms with van der Waals surface area (Å²) in [5, 5.41) is 11.5. The molecule has 7 nitrogen and oxygen atoms in total. The van der Waals surface area contributed by atoms with Gasteiger partial charge in [0.15, 0.2) is 0 Å². The molecule has 140 valence electrons. The summed E-state index contributed by atoms with van der Waals surface area (Å²) in [5.41, 5.74) is -0.784. The van der Waals surface area contributed by atoms with E-state index in [1.165, 1.54) is 9.80 Å². The van der Waals surface area contributed by atoms with E-state index in [0.29, 0.717) is 0 Å². The van der Waals surface area contributed by atoms with Crippen molar-refractivity contribution in [2.45, 2.75) is 18.3 Å². The summed E-state index contributed by atoms with van der Waals surface area (Å²) in [6, 6.07) is 1.96. The number of fused-ring (bicyclic) bond motifs is 1. The minimum atomic E-state index is -4.49. The van der Waals surface area contributed by atoms with Crippen LogP contribution in [0.4, 0.5) is 13.2 Å². The molecule has 2 aliphatic heterocycles. The molecule has 3 amide bonds. The summed E-state index contributed by atoms with van der Waals surface area (Å²) in [4.78, 5) is 39.4. The number of amides is 3. The smallest absolute Gasteiger partial charge is 0.394 e. The third kappa shape index (κ3) is 3.24. The molecule has 2 fully saturated rings. The van der Waals surface area contributed by atoms with Crippen LogP contribution in [0, 0.1) is 0 Å². The third-order valence-electron chi connectivity index (χ3n) is 4.51. The van der Waals surface area contributed by atoms with Crippen molar-refractivity contribution >= 4 is 17.7 Å². The second kappa shape index (κ2) is 6.60. The lowest BCUT2D eigenvalue weighted by Crippen LogP contribution is -2.70. The van der Waals surface area contributed by atoms with E-state index in [0.717, 1.165) is 24.3 Å². The van der Waals surface area contributed by atoms with Gasteiger partial charge in [-0.25, -0.2) is 0 Å². The normalized spacial score (nSPS) is 23.5. The summed E-state index contributed by atoms with van der Waals surface area (Å²) >= 11 is 0. The van der Waals surface area contributed by atoms with Crippen LogP contribution in [-0.4, -0.2) is 71.0 Å². The molecule has 0 saturated carbocycles. The molecule has 1 aromatic carbocycles. The Bertz CT molecular complexity index is 735. The van der Waals surface area contributed by atoms with Crippen LogP contribution >= 0.6 is 0 Å². The van der Waals surface area contributed by atoms with Crippen LogP contribution in [0.5, 0.6) is 0 Å². The van der Waals surface area contributed by atoms with Gasteiger partial charge in [0.25, 0.3) is 5.91 Å². The highest BCUT2D eigenvalue weighted by Crippen LogP contribution is 2.29. The second-order valence-corrected chi connectivity index (χ2v) is 6.12. The highest BCUT2D eigenvalue weighted by molar-refractivity contribution is 5.99. The molecule has 10 heteroatoms. The monoisotopic (exact) mass is 371 g/mol. The van der Waals surface area contributed by atoms with E-state index < -0.39 is 48.2 Å². The van der Waals surface area contributed by atoms with E-state index in [1.807, 2.05) is 0 Å². The number of aliphatic hydroxyl groups is 1. The molecule has 0 unspecified atom stereocenters. The number of carbonyl (C=O) groups excluding carboxylic acids is 3. The van der Waals surface area contributed by atoms with Crippen molar-refractivity contribution < 1.29 is 32.7 Å². The first-order valence-corrected chi connectivity index (χ1v) is 7.90. The highest BCUT2D eigenvalue weighted by atomic mass is 19.4. The summed E-state index contributed by atoms with van der Waals surface area (Å²) in [6.07, 6.45) is -4.49. The molecule has 0 aliphatic carbocycles. The molecular formula is C16H16F3N3O4. The maximum atomic E-state index is 12.6. The Balaban J connectivity index is 1.73. The average molecular weight is 371 g/mol. The van der Waals surface area contributed by atoms with Gasteiger partial charge in [0.1, 0.15) is 12.1 Å². The van der Waals surface area contributed by atoms with Crippen molar-refractivity contribution in [1.29, 1.82) is 0 Å². The van der Waals surface area contributed by atoms with Gasteiger partial charge in [-0.15, -0.1) is 0 Å². The molecule has 2 aliphatic rings. The van der Waals surface area contributed by atoms with Crippen molar-refractivity contribution in [2.24, 2.45) is 0 Å². The predicted octanol–water partition coefficient (Wildman–Crippen LogP) is -0.151. The quantitative estimate of drug-likeness (QED) is 0.757. The summed E-state index contributed by atoms with van der Waals surface area (Å²) in [6.45, 7) is -0.315. The number of nitrogens with zero attached hydrogens (tertiary/aromatic N) is 2. The minimum absolute atomic E-state index is 0.0599. The first kappa shape index (κ1) is 18.2. The van der Waals surface area contributed by atoms with Gasteiger partial charge < -0.3 is 20.2 Å². The Labute approximate surface area is 146 Å². The van der Waals surface area contributed by atoms with Gasteiger partial charge in [-0.1, -0.05) is 0 Å². The molecule has 2 saturated heterocycles. The molecule has 1 aromatic rings. The largest absolute Gasteiger partial charge is 0.416 e. The number of carbonyl (C=O) groups is 3. The molecule has 0 spiro atoms. The van der Waals surface area contributed by atoms with Crippen LogP contribution in [0.25, 0.3) is 0 Å². The molecule has 0 radical (unpaired) electrons. The Kier molecular flexibility index (Phi) is 4.61. The number of piperazine rings is 2. The topological polar surface area (TPSA) is 89.9 Å². The van der Waals surface area contributed by atoms with Gasteiger partial charge in [-0.05, 0) is 24.3 Å². The minimum Gasteiger partial charge on any atom is -0.394 e. The molecule has 2 atom stereocenters. The molecule has 2 N–H and O–H groups in total. The maximum Gasteiger partial charge on any atom is 0.416 e. The molecule has 0 bridgehead atoms. The van der Waals surface area contributed by atoms with Crippen molar-refractivity contribution in [3.63, 3.8) is 0 Å². The maximum absolute atomic E-state index is 12.6. The molecular weight excluding hydrogens is 355 g/mol. The van der Waals surface area contributed by atoms with Crippen LogP contribution in [0.3, 0.4) is 0 Å². The Morgan fingerprint density at radius 1 is 1.19 bits per heavy atom. The number of alkyl halides is 3. The number of nitrogens with one attached hydrogen (secondary N) is 1. The zero-order valence-electron chi connectivity index (χ0n) is 13.5. The van der Waals surface area contributed by atoms with E-state index >= 15 is 0 Å². The van der Waals surface area contributed by atoms with Crippen molar-refractivity contribution in [1.82, 2.24) is 15.1 Å². The van der Waals surface area contributed by atoms with E-state index in [2.05, 4.69) is 5.32 Å². The lowest BCUT2D eigenvalue weighted by Gasteiger charge is -2.44. The van der Waals surface area contributed by atoms with Gasteiger partial charge >= 0.3 is 6.18 Å². The fourth-order valence-corrected chi connectivity index (χ4v) is 3.09. The van der Waals surface area contributed by atoms with E-state index in [4.69, 9.17) is 5.11 Å². The van der Waals surface area contributed by atoms with Gasteiger partial charge in [-0.3, -0.25) is 14.4 Å². The fourth-order valence-electron chi connectivity index (χ4n) is 3.09. The van der Waals surface area contributed by atoms with Crippen LogP contribution in [0.2, 0.25) is 0 Å². The molecule has 3 rings (SSSR count). The van der Waals surface area contributed by atoms with Gasteiger partial charge in [-0.2, -0.15) is 13.2 Å². The SMILES string of the molecule is O=C1N[C@@H](CO)C(=O)N2CCN(C(=O)c3ccc(C(F)(F)F)cc3)C[C@H]12. The zero-order chi connectivity index (χ0) is 19.1. The Hall–Kier alpha value is -2.62. The van der Waals surface area contributed by atoms with E-state index in [1.54, 1.807) is 0 Å². The number of halogens is 3. The standard InChI is InChI=1S/C16H16F3N3O4/c17-16(18,19)10-3-1-9(2-4-10)14(25)21-5-6-22-12(7-21)13(24)20-11(8-23)15(22)26/h1-4,11-12,23H,5-8H2,(H,20,24)/t11-,12+/m0/s1. The number of rotatable bonds is 2. The zero-order valence-corrected chi connectivity index (χ0v) is 13.5. The molecule has 26 heavy (non-hydrogen) atoms. The van der Waals surface area contributed by atoms with Gasteiger partial charge in [0.05, 0.1) is 18.7 Å². The Morgan fingerprint density at radius 2 is 1.85 bits per heavy atom. The molecule has 2 heterocycles. The van der Waals surface area contributed by atoms with E-state index in [9.17, 15) is 27.6 Å².